The summed E-state index contributed by atoms with van der Waals surface area (Å²) in [7, 11) is 0. The SMILES string of the molecule is CCSc1ccc([C@@H](N)C2CC2)cc1. The van der Waals surface area contributed by atoms with Gasteiger partial charge in [-0.2, -0.15) is 0 Å². The lowest BCUT2D eigenvalue weighted by molar-refractivity contribution is 0.633. The summed E-state index contributed by atoms with van der Waals surface area (Å²) < 4.78 is 0. The third kappa shape index (κ3) is 2.31. The van der Waals surface area contributed by atoms with E-state index in [2.05, 4.69) is 31.2 Å². The van der Waals surface area contributed by atoms with E-state index < -0.39 is 0 Å². The van der Waals surface area contributed by atoms with E-state index in [4.69, 9.17) is 5.73 Å². The second kappa shape index (κ2) is 4.37. The predicted octanol–water partition coefficient (Wildman–Crippen LogP) is 3.21. The molecule has 2 heteroatoms. The zero-order chi connectivity index (χ0) is 9.97. The van der Waals surface area contributed by atoms with Crippen molar-refractivity contribution in [2.75, 3.05) is 5.75 Å². The molecule has 1 aromatic carbocycles. The first-order chi connectivity index (χ1) is 6.81. The molecule has 0 saturated heterocycles. The quantitative estimate of drug-likeness (QED) is 0.767. The Labute approximate surface area is 90.1 Å². The molecule has 0 amide bonds. The maximum atomic E-state index is 6.12. The van der Waals surface area contributed by atoms with Crippen molar-refractivity contribution in [3.05, 3.63) is 29.8 Å². The molecule has 0 aliphatic heterocycles. The van der Waals surface area contributed by atoms with Crippen LogP contribution in [0.5, 0.6) is 0 Å². The Morgan fingerprint density at radius 2 is 2.00 bits per heavy atom. The molecule has 2 N–H and O–H groups in total. The largest absolute Gasteiger partial charge is 0.324 e. The normalized spacial score (nSPS) is 18.1. The lowest BCUT2D eigenvalue weighted by atomic mass is 10.0. The van der Waals surface area contributed by atoms with Crippen LogP contribution < -0.4 is 5.73 Å². The first-order valence-corrected chi connectivity index (χ1v) is 6.28. The average molecular weight is 207 g/mol. The van der Waals surface area contributed by atoms with Crippen molar-refractivity contribution in [2.45, 2.75) is 30.7 Å². The monoisotopic (exact) mass is 207 g/mol. The number of hydrogen-bond acceptors (Lipinski definition) is 2. The minimum absolute atomic E-state index is 0.274. The van der Waals surface area contributed by atoms with Crippen LogP contribution in [0.3, 0.4) is 0 Å². The summed E-state index contributed by atoms with van der Waals surface area (Å²) in [6.07, 6.45) is 2.62. The van der Waals surface area contributed by atoms with E-state index in [0.717, 1.165) is 11.7 Å². The zero-order valence-corrected chi connectivity index (χ0v) is 9.39. The summed E-state index contributed by atoms with van der Waals surface area (Å²) in [6.45, 7) is 2.18. The molecular weight excluding hydrogens is 190 g/mol. The van der Waals surface area contributed by atoms with Crippen LogP contribution in [0.15, 0.2) is 29.2 Å². The fourth-order valence-corrected chi connectivity index (χ4v) is 2.34. The molecule has 1 atom stereocenters. The average Bonchev–Trinajstić information content (AvgIpc) is 3.02. The van der Waals surface area contributed by atoms with Crippen molar-refractivity contribution in [3.8, 4) is 0 Å². The van der Waals surface area contributed by atoms with Gasteiger partial charge in [0.05, 0.1) is 0 Å². The summed E-state index contributed by atoms with van der Waals surface area (Å²) in [5, 5.41) is 0. The van der Waals surface area contributed by atoms with Crippen LogP contribution >= 0.6 is 11.8 Å². The fourth-order valence-electron chi connectivity index (χ4n) is 1.68. The highest BCUT2D eigenvalue weighted by atomic mass is 32.2. The molecule has 1 aliphatic carbocycles. The molecular formula is C12H17NS. The highest BCUT2D eigenvalue weighted by Gasteiger charge is 2.29. The molecule has 0 bridgehead atoms. The summed E-state index contributed by atoms with van der Waals surface area (Å²) in [4.78, 5) is 1.35. The molecule has 76 valence electrons. The van der Waals surface area contributed by atoms with Gasteiger partial charge < -0.3 is 5.73 Å². The van der Waals surface area contributed by atoms with E-state index in [1.165, 1.54) is 23.3 Å². The first kappa shape index (κ1) is 10.1. The van der Waals surface area contributed by atoms with Crippen LogP contribution in [0.25, 0.3) is 0 Å². The van der Waals surface area contributed by atoms with E-state index in [9.17, 15) is 0 Å². The van der Waals surface area contributed by atoms with Crippen molar-refractivity contribution in [1.29, 1.82) is 0 Å². The Kier molecular flexibility index (Phi) is 3.14. The van der Waals surface area contributed by atoms with Gasteiger partial charge in [0, 0.05) is 10.9 Å². The van der Waals surface area contributed by atoms with Crippen molar-refractivity contribution < 1.29 is 0 Å². The number of nitrogens with two attached hydrogens (primary N) is 1. The number of benzene rings is 1. The Hall–Kier alpha value is -0.470. The van der Waals surface area contributed by atoms with Gasteiger partial charge in [0.1, 0.15) is 0 Å². The lowest BCUT2D eigenvalue weighted by Crippen LogP contribution is -2.11. The van der Waals surface area contributed by atoms with Crippen molar-refractivity contribution in [2.24, 2.45) is 11.7 Å². The van der Waals surface area contributed by atoms with Crippen molar-refractivity contribution >= 4 is 11.8 Å². The van der Waals surface area contributed by atoms with Gasteiger partial charge >= 0.3 is 0 Å². The molecule has 0 aromatic heterocycles. The molecule has 0 radical (unpaired) electrons. The molecule has 0 unspecified atom stereocenters. The van der Waals surface area contributed by atoms with Gasteiger partial charge in [0.2, 0.25) is 0 Å². The van der Waals surface area contributed by atoms with Gasteiger partial charge in [-0.3, -0.25) is 0 Å². The number of hydrogen-bond donors (Lipinski definition) is 1. The molecule has 0 spiro atoms. The summed E-state index contributed by atoms with van der Waals surface area (Å²) in [5.41, 5.74) is 7.42. The second-order valence-corrected chi connectivity index (χ2v) is 5.20. The molecule has 1 aliphatic rings. The van der Waals surface area contributed by atoms with Crippen LogP contribution in [0.4, 0.5) is 0 Å². The topological polar surface area (TPSA) is 26.0 Å². The summed E-state index contributed by atoms with van der Waals surface area (Å²) in [5.74, 6) is 1.88. The minimum atomic E-state index is 0.274. The van der Waals surface area contributed by atoms with Crippen LogP contribution in [-0.4, -0.2) is 5.75 Å². The standard InChI is InChI=1S/C12H17NS/c1-2-14-11-7-5-10(6-8-11)12(13)9-3-4-9/h5-9,12H,2-4,13H2,1H3/t12-/m0/s1. The Morgan fingerprint density at radius 1 is 1.36 bits per heavy atom. The van der Waals surface area contributed by atoms with Crippen molar-refractivity contribution in [1.82, 2.24) is 0 Å². The maximum absolute atomic E-state index is 6.12. The molecule has 1 nitrogen and oxygen atoms in total. The number of rotatable bonds is 4. The summed E-state index contributed by atoms with van der Waals surface area (Å²) in [6, 6.07) is 9.01. The zero-order valence-electron chi connectivity index (χ0n) is 8.57. The van der Waals surface area contributed by atoms with Gasteiger partial charge in [0.15, 0.2) is 0 Å². The van der Waals surface area contributed by atoms with E-state index in [0.29, 0.717) is 0 Å². The Morgan fingerprint density at radius 3 is 2.50 bits per heavy atom. The van der Waals surface area contributed by atoms with Gasteiger partial charge in [-0.15, -0.1) is 11.8 Å². The molecule has 2 rings (SSSR count). The highest BCUT2D eigenvalue weighted by Crippen LogP contribution is 2.39. The van der Waals surface area contributed by atoms with Gasteiger partial charge in [-0.05, 0) is 42.2 Å². The smallest absolute Gasteiger partial charge is 0.0323 e. The fraction of sp³-hybridized carbons (Fsp3) is 0.500. The van der Waals surface area contributed by atoms with E-state index in [-0.39, 0.29) is 6.04 Å². The second-order valence-electron chi connectivity index (χ2n) is 3.87. The molecule has 1 saturated carbocycles. The third-order valence-electron chi connectivity index (χ3n) is 2.71. The minimum Gasteiger partial charge on any atom is -0.324 e. The Bertz CT molecular complexity index is 290. The molecule has 1 fully saturated rings. The molecule has 0 heterocycles. The van der Waals surface area contributed by atoms with Crippen LogP contribution in [0.2, 0.25) is 0 Å². The van der Waals surface area contributed by atoms with Gasteiger partial charge in [-0.1, -0.05) is 19.1 Å². The highest BCUT2D eigenvalue weighted by molar-refractivity contribution is 7.99. The number of thioether (sulfide) groups is 1. The van der Waals surface area contributed by atoms with Gasteiger partial charge in [-0.25, -0.2) is 0 Å². The third-order valence-corrected chi connectivity index (χ3v) is 3.60. The molecule has 1 aromatic rings. The van der Waals surface area contributed by atoms with Gasteiger partial charge in [0.25, 0.3) is 0 Å². The van der Waals surface area contributed by atoms with Crippen LogP contribution in [0.1, 0.15) is 31.4 Å². The van der Waals surface area contributed by atoms with E-state index in [1.807, 2.05) is 11.8 Å². The van der Waals surface area contributed by atoms with Crippen LogP contribution in [0, 0.1) is 5.92 Å². The first-order valence-electron chi connectivity index (χ1n) is 5.29. The molecule has 14 heavy (non-hydrogen) atoms. The predicted molar refractivity (Wildman–Crippen MR) is 62.5 cm³/mol. The maximum Gasteiger partial charge on any atom is 0.0323 e. The van der Waals surface area contributed by atoms with E-state index in [1.54, 1.807) is 0 Å². The lowest BCUT2D eigenvalue weighted by Gasteiger charge is -2.10. The van der Waals surface area contributed by atoms with Crippen LogP contribution in [-0.2, 0) is 0 Å². The van der Waals surface area contributed by atoms with Crippen molar-refractivity contribution in [3.63, 3.8) is 0 Å². The van der Waals surface area contributed by atoms with E-state index >= 15 is 0 Å². The Balaban J connectivity index is 2.04. The summed E-state index contributed by atoms with van der Waals surface area (Å²) >= 11 is 1.88.